The summed E-state index contributed by atoms with van der Waals surface area (Å²) in [6.45, 7) is 3.58. The molecule has 1 fully saturated rings. The van der Waals surface area contributed by atoms with Gasteiger partial charge in [-0.2, -0.15) is 4.31 Å². The molecule has 0 spiro atoms. The van der Waals surface area contributed by atoms with Crippen molar-refractivity contribution in [2.24, 2.45) is 7.05 Å². The summed E-state index contributed by atoms with van der Waals surface area (Å²) in [4.78, 5) is 14.6. The van der Waals surface area contributed by atoms with E-state index in [1.807, 2.05) is 30.8 Å². The van der Waals surface area contributed by atoms with Crippen molar-refractivity contribution in [3.8, 4) is 0 Å². The molecule has 0 aliphatic carbocycles. The molecule has 1 aliphatic heterocycles. The van der Waals surface area contributed by atoms with Gasteiger partial charge in [0.15, 0.2) is 0 Å². The molecule has 1 saturated heterocycles. The van der Waals surface area contributed by atoms with Crippen LogP contribution in [0.1, 0.15) is 22.3 Å². The number of carbonyl (C=O) groups excluding carboxylic acids is 1. The van der Waals surface area contributed by atoms with Gasteiger partial charge in [-0.15, -0.1) is 0 Å². The van der Waals surface area contributed by atoms with Crippen molar-refractivity contribution in [1.29, 1.82) is 0 Å². The van der Waals surface area contributed by atoms with E-state index in [9.17, 15) is 13.2 Å². The minimum Gasteiger partial charge on any atom is -0.356 e. The average molecular weight is 361 g/mol. The Morgan fingerprint density at radius 1 is 1.08 bits per heavy atom. The van der Waals surface area contributed by atoms with Gasteiger partial charge in [0.25, 0.3) is 5.91 Å². The maximum atomic E-state index is 12.9. The molecule has 134 valence electrons. The first-order valence-electron chi connectivity index (χ1n) is 8.36. The van der Waals surface area contributed by atoms with Crippen LogP contribution >= 0.6 is 0 Å². The molecule has 0 bridgehead atoms. The van der Waals surface area contributed by atoms with Crippen molar-refractivity contribution in [1.82, 2.24) is 13.8 Å². The van der Waals surface area contributed by atoms with Gasteiger partial charge in [0.1, 0.15) is 0 Å². The zero-order valence-corrected chi connectivity index (χ0v) is 15.4. The van der Waals surface area contributed by atoms with Crippen LogP contribution in [0.25, 0.3) is 0 Å². The van der Waals surface area contributed by atoms with E-state index >= 15 is 0 Å². The van der Waals surface area contributed by atoms with Gasteiger partial charge in [-0.1, -0.05) is 12.1 Å². The number of nitrogens with zero attached hydrogens (tertiary/aromatic N) is 3. The summed E-state index contributed by atoms with van der Waals surface area (Å²) in [6.07, 6.45) is 4.25. The standard InChI is InChI=1S/C18H23N3O3S/c1-15-5-3-6-17(13-15)25(23,24)21-9-4-8-20(11-12-21)18(22)16-7-10-19(2)14-16/h3,5-7,10,13-14H,4,8-9,11-12H2,1-2H3. The van der Waals surface area contributed by atoms with Gasteiger partial charge < -0.3 is 9.47 Å². The molecule has 1 amide bonds. The predicted octanol–water partition coefficient (Wildman–Crippen LogP) is 1.87. The monoisotopic (exact) mass is 361 g/mol. The third kappa shape index (κ3) is 3.77. The van der Waals surface area contributed by atoms with Gasteiger partial charge in [0, 0.05) is 45.6 Å². The average Bonchev–Trinajstić information content (AvgIpc) is 2.86. The molecule has 25 heavy (non-hydrogen) atoms. The first-order valence-corrected chi connectivity index (χ1v) is 9.80. The highest BCUT2D eigenvalue weighted by Gasteiger charge is 2.28. The summed E-state index contributed by atoms with van der Waals surface area (Å²) >= 11 is 0. The number of aryl methyl sites for hydroxylation is 2. The van der Waals surface area contributed by atoms with Crippen LogP contribution < -0.4 is 0 Å². The Bertz CT molecular complexity index is 873. The SMILES string of the molecule is Cc1cccc(S(=O)(=O)N2CCCN(C(=O)c3ccn(C)c3)CC2)c1. The van der Waals surface area contributed by atoms with Gasteiger partial charge in [-0.3, -0.25) is 4.79 Å². The fraction of sp³-hybridized carbons (Fsp3) is 0.389. The summed E-state index contributed by atoms with van der Waals surface area (Å²) in [6, 6.07) is 8.73. The Morgan fingerprint density at radius 3 is 2.56 bits per heavy atom. The van der Waals surface area contributed by atoms with Gasteiger partial charge in [-0.05, 0) is 37.1 Å². The number of hydrogen-bond donors (Lipinski definition) is 0. The lowest BCUT2D eigenvalue weighted by atomic mass is 10.2. The zero-order chi connectivity index (χ0) is 18.0. The summed E-state index contributed by atoms with van der Waals surface area (Å²) < 4.78 is 29.0. The van der Waals surface area contributed by atoms with Crippen molar-refractivity contribution < 1.29 is 13.2 Å². The Hall–Kier alpha value is -2.12. The summed E-state index contributed by atoms with van der Waals surface area (Å²) in [5.74, 6) is -0.0459. The van der Waals surface area contributed by atoms with Crippen LogP contribution in [0.15, 0.2) is 47.6 Å². The van der Waals surface area contributed by atoms with Crippen molar-refractivity contribution in [2.75, 3.05) is 26.2 Å². The molecule has 1 aromatic heterocycles. The van der Waals surface area contributed by atoms with Crippen molar-refractivity contribution in [3.63, 3.8) is 0 Å². The molecule has 6 nitrogen and oxygen atoms in total. The van der Waals surface area contributed by atoms with E-state index < -0.39 is 10.0 Å². The number of rotatable bonds is 3. The number of aromatic nitrogens is 1. The lowest BCUT2D eigenvalue weighted by Crippen LogP contribution is -2.37. The largest absolute Gasteiger partial charge is 0.356 e. The second-order valence-electron chi connectivity index (χ2n) is 6.43. The molecular formula is C18H23N3O3S. The van der Waals surface area contributed by atoms with E-state index in [0.717, 1.165) is 5.56 Å². The normalized spacial score (nSPS) is 16.6. The second kappa shape index (κ2) is 7.01. The van der Waals surface area contributed by atoms with Crippen LogP contribution in [-0.4, -0.2) is 54.3 Å². The number of hydrogen-bond acceptors (Lipinski definition) is 3. The number of carbonyl (C=O) groups is 1. The minimum absolute atomic E-state index is 0.0459. The maximum Gasteiger partial charge on any atom is 0.255 e. The van der Waals surface area contributed by atoms with Gasteiger partial charge in [0.2, 0.25) is 10.0 Å². The molecule has 0 saturated carbocycles. The highest BCUT2D eigenvalue weighted by Crippen LogP contribution is 2.19. The van der Waals surface area contributed by atoms with E-state index in [4.69, 9.17) is 0 Å². The third-order valence-electron chi connectivity index (χ3n) is 4.45. The smallest absolute Gasteiger partial charge is 0.255 e. The molecule has 1 aliphatic rings. The maximum absolute atomic E-state index is 12.9. The van der Waals surface area contributed by atoms with Crippen molar-refractivity contribution in [3.05, 3.63) is 53.9 Å². The van der Waals surface area contributed by atoms with Gasteiger partial charge >= 0.3 is 0 Å². The van der Waals surface area contributed by atoms with Crippen LogP contribution in [-0.2, 0) is 17.1 Å². The molecule has 0 radical (unpaired) electrons. The molecule has 7 heteroatoms. The lowest BCUT2D eigenvalue weighted by molar-refractivity contribution is 0.0764. The number of benzene rings is 1. The molecule has 1 aromatic carbocycles. The van der Waals surface area contributed by atoms with Crippen LogP contribution in [0, 0.1) is 6.92 Å². The predicted molar refractivity (Wildman–Crippen MR) is 95.9 cm³/mol. The topological polar surface area (TPSA) is 62.6 Å². The fourth-order valence-corrected chi connectivity index (χ4v) is 4.65. The first-order chi connectivity index (χ1) is 11.9. The second-order valence-corrected chi connectivity index (χ2v) is 8.37. The Labute approximate surface area is 148 Å². The fourth-order valence-electron chi connectivity index (χ4n) is 3.07. The Balaban J connectivity index is 1.74. The quantitative estimate of drug-likeness (QED) is 0.838. The molecule has 2 heterocycles. The van der Waals surface area contributed by atoms with E-state index in [0.29, 0.717) is 43.1 Å². The van der Waals surface area contributed by atoms with E-state index in [1.54, 1.807) is 35.4 Å². The lowest BCUT2D eigenvalue weighted by Gasteiger charge is -2.22. The molecule has 2 aromatic rings. The number of amides is 1. The van der Waals surface area contributed by atoms with Crippen LogP contribution in [0.4, 0.5) is 0 Å². The van der Waals surface area contributed by atoms with E-state index in [2.05, 4.69) is 0 Å². The summed E-state index contributed by atoms with van der Waals surface area (Å²) in [7, 11) is -1.66. The van der Waals surface area contributed by atoms with E-state index in [-0.39, 0.29) is 5.91 Å². The molecule has 0 N–H and O–H groups in total. The Kier molecular flexibility index (Phi) is 4.96. The highest BCUT2D eigenvalue weighted by molar-refractivity contribution is 7.89. The minimum atomic E-state index is -3.53. The number of sulfonamides is 1. The van der Waals surface area contributed by atoms with Crippen LogP contribution in [0.5, 0.6) is 0 Å². The van der Waals surface area contributed by atoms with Crippen molar-refractivity contribution in [2.45, 2.75) is 18.2 Å². The third-order valence-corrected chi connectivity index (χ3v) is 6.34. The van der Waals surface area contributed by atoms with Gasteiger partial charge in [-0.25, -0.2) is 8.42 Å². The van der Waals surface area contributed by atoms with Gasteiger partial charge in [0.05, 0.1) is 10.5 Å². The molecule has 0 atom stereocenters. The summed E-state index contributed by atoms with van der Waals surface area (Å²) in [5.41, 5.74) is 1.55. The first kappa shape index (κ1) is 17.7. The van der Waals surface area contributed by atoms with Crippen molar-refractivity contribution >= 4 is 15.9 Å². The van der Waals surface area contributed by atoms with Crippen LogP contribution in [0.2, 0.25) is 0 Å². The Morgan fingerprint density at radius 2 is 1.88 bits per heavy atom. The molecule has 0 unspecified atom stereocenters. The highest BCUT2D eigenvalue weighted by atomic mass is 32.2. The van der Waals surface area contributed by atoms with E-state index in [1.165, 1.54) is 4.31 Å². The summed E-state index contributed by atoms with van der Waals surface area (Å²) in [5, 5.41) is 0. The van der Waals surface area contributed by atoms with Crippen LogP contribution in [0.3, 0.4) is 0 Å². The molecule has 3 rings (SSSR count). The zero-order valence-electron chi connectivity index (χ0n) is 14.6. The molecular weight excluding hydrogens is 338 g/mol.